The first-order chi connectivity index (χ1) is 8.48. The summed E-state index contributed by atoms with van der Waals surface area (Å²) in [5.41, 5.74) is -0.257. The van der Waals surface area contributed by atoms with Crippen LogP contribution in [-0.4, -0.2) is 29.6 Å². The van der Waals surface area contributed by atoms with Crippen LogP contribution in [0.3, 0.4) is 0 Å². The van der Waals surface area contributed by atoms with Crippen molar-refractivity contribution in [2.24, 2.45) is 5.41 Å². The van der Waals surface area contributed by atoms with E-state index in [4.69, 9.17) is 0 Å². The van der Waals surface area contributed by atoms with Gasteiger partial charge in [-0.15, -0.1) is 11.3 Å². The predicted molar refractivity (Wildman–Crippen MR) is 80.2 cm³/mol. The van der Waals surface area contributed by atoms with Crippen molar-refractivity contribution in [2.75, 3.05) is 18.8 Å². The average Bonchev–Trinajstić information content (AvgIpc) is 2.72. The Balaban J connectivity index is 1.99. The van der Waals surface area contributed by atoms with E-state index >= 15 is 0 Å². The van der Waals surface area contributed by atoms with Crippen LogP contribution in [0.1, 0.15) is 37.3 Å². The fourth-order valence-corrected chi connectivity index (χ4v) is 4.39. The van der Waals surface area contributed by atoms with Crippen molar-refractivity contribution in [2.45, 2.75) is 32.4 Å². The molecule has 1 aromatic rings. The summed E-state index contributed by atoms with van der Waals surface area (Å²) in [6.07, 6.45) is 1.08. The number of rotatable bonds is 1. The van der Waals surface area contributed by atoms with Crippen LogP contribution in [0.2, 0.25) is 0 Å². The molecule has 2 nitrogen and oxygen atoms in total. The third-order valence-electron chi connectivity index (χ3n) is 3.13. The molecular weight excluding hydrogens is 262 g/mol. The van der Waals surface area contributed by atoms with Gasteiger partial charge in [0.1, 0.15) is 0 Å². The van der Waals surface area contributed by atoms with Gasteiger partial charge in [-0.3, -0.25) is 4.79 Å². The molecule has 0 bridgehead atoms. The third kappa shape index (κ3) is 3.29. The lowest BCUT2D eigenvalue weighted by Gasteiger charge is -2.28. The number of thioether (sulfide) groups is 1. The molecule has 1 fully saturated rings. The largest absolute Gasteiger partial charge is 0.341 e. The highest BCUT2D eigenvalue weighted by atomic mass is 32.2. The molecule has 0 unspecified atom stereocenters. The summed E-state index contributed by atoms with van der Waals surface area (Å²) in [7, 11) is 0. The molecular formula is C14H21NOS2. The van der Waals surface area contributed by atoms with Gasteiger partial charge in [0, 0.05) is 34.4 Å². The molecule has 0 saturated carbocycles. The second-order valence-corrected chi connectivity index (χ2v) is 8.00. The summed E-state index contributed by atoms with van der Waals surface area (Å²) < 4.78 is 0. The first kappa shape index (κ1) is 13.9. The number of nitrogens with zero attached hydrogens (tertiary/aromatic N) is 1. The van der Waals surface area contributed by atoms with Gasteiger partial charge in [-0.1, -0.05) is 26.8 Å². The molecule has 18 heavy (non-hydrogen) atoms. The van der Waals surface area contributed by atoms with Crippen LogP contribution in [0.4, 0.5) is 0 Å². The van der Waals surface area contributed by atoms with E-state index in [0.717, 1.165) is 25.3 Å². The zero-order valence-electron chi connectivity index (χ0n) is 11.3. The molecule has 4 heteroatoms. The highest BCUT2D eigenvalue weighted by Gasteiger charge is 2.29. The van der Waals surface area contributed by atoms with Crippen LogP contribution in [0.5, 0.6) is 0 Å². The summed E-state index contributed by atoms with van der Waals surface area (Å²) in [5.74, 6) is 1.33. The van der Waals surface area contributed by atoms with Crippen LogP contribution in [0, 0.1) is 5.41 Å². The molecule has 0 N–H and O–H groups in total. The minimum Gasteiger partial charge on any atom is -0.341 e. The molecule has 2 heterocycles. The SMILES string of the molecule is CC(C)(C)C(=O)N1CCS[C@@H](c2cccs2)CC1. The van der Waals surface area contributed by atoms with E-state index in [2.05, 4.69) is 17.5 Å². The Morgan fingerprint density at radius 1 is 1.39 bits per heavy atom. The maximum Gasteiger partial charge on any atom is 0.227 e. The second-order valence-electron chi connectivity index (χ2n) is 5.71. The summed E-state index contributed by atoms with van der Waals surface area (Å²) in [4.78, 5) is 15.8. The Hall–Kier alpha value is -0.480. The van der Waals surface area contributed by atoms with Gasteiger partial charge in [0.25, 0.3) is 0 Å². The minimum atomic E-state index is -0.257. The Bertz CT molecular complexity index is 394. The predicted octanol–water partition coefficient (Wildman–Crippen LogP) is 3.80. The smallest absolute Gasteiger partial charge is 0.227 e. The molecule has 0 aliphatic carbocycles. The van der Waals surface area contributed by atoms with E-state index in [1.807, 2.05) is 48.8 Å². The van der Waals surface area contributed by atoms with E-state index in [-0.39, 0.29) is 11.3 Å². The molecule has 1 aliphatic heterocycles. The second kappa shape index (κ2) is 5.66. The van der Waals surface area contributed by atoms with Crippen molar-refractivity contribution in [3.8, 4) is 0 Å². The maximum absolute atomic E-state index is 12.3. The van der Waals surface area contributed by atoms with Gasteiger partial charge in [0.2, 0.25) is 5.91 Å². The number of amides is 1. The molecule has 2 rings (SSSR count). The van der Waals surface area contributed by atoms with E-state index < -0.39 is 0 Å². The van der Waals surface area contributed by atoms with E-state index in [9.17, 15) is 4.79 Å². The monoisotopic (exact) mass is 283 g/mol. The van der Waals surface area contributed by atoms with Crippen LogP contribution in [0.25, 0.3) is 0 Å². The summed E-state index contributed by atoms with van der Waals surface area (Å²) >= 11 is 3.82. The molecule has 100 valence electrons. The molecule has 0 spiro atoms. The lowest BCUT2D eigenvalue weighted by Crippen LogP contribution is -2.40. The lowest BCUT2D eigenvalue weighted by molar-refractivity contribution is -0.139. The molecule has 1 aliphatic rings. The standard InChI is InChI=1S/C14H21NOS2/c1-14(2,3)13(16)15-7-6-12(18-10-8-15)11-5-4-9-17-11/h4-5,9,12H,6-8,10H2,1-3H3/t12-/m1/s1. The number of thiophene rings is 1. The van der Waals surface area contributed by atoms with E-state index in [0.29, 0.717) is 5.25 Å². The number of hydrogen-bond donors (Lipinski definition) is 0. The van der Waals surface area contributed by atoms with Crippen molar-refractivity contribution in [3.63, 3.8) is 0 Å². The fraction of sp³-hybridized carbons (Fsp3) is 0.643. The first-order valence-electron chi connectivity index (χ1n) is 6.43. The first-order valence-corrected chi connectivity index (χ1v) is 8.36. The summed E-state index contributed by atoms with van der Waals surface area (Å²) in [6.45, 7) is 7.80. The van der Waals surface area contributed by atoms with Crippen molar-refractivity contribution in [3.05, 3.63) is 22.4 Å². The minimum absolute atomic E-state index is 0.257. The lowest BCUT2D eigenvalue weighted by atomic mass is 9.94. The summed E-state index contributed by atoms with van der Waals surface area (Å²) in [5, 5.41) is 2.71. The zero-order chi connectivity index (χ0) is 13.2. The van der Waals surface area contributed by atoms with Crippen molar-refractivity contribution < 1.29 is 4.79 Å². The van der Waals surface area contributed by atoms with Gasteiger partial charge in [0.05, 0.1) is 0 Å². The zero-order valence-corrected chi connectivity index (χ0v) is 12.9. The van der Waals surface area contributed by atoms with Crippen LogP contribution < -0.4 is 0 Å². The third-order valence-corrected chi connectivity index (χ3v) is 5.58. The van der Waals surface area contributed by atoms with Crippen molar-refractivity contribution in [1.29, 1.82) is 0 Å². The average molecular weight is 283 g/mol. The van der Waals surface area contributed by atoms with Gasteiger partial charge in [0.15, 0.2) is 0 Å². The van der Waals surface area contributed by atoms with Crippen LogP contribution in [-0.2, 0) is 4.79 Å². The van der Waals surface area contributed by atoms with E-state index in [1.54, 1.807) is 0 Å². The molecule has 1 amide bonds. The van der Waals surface area contributed by atoms with Gasteiger partial charge in [-0.25, -0.2) is 0 Å². The Morgan fingerprint density at radius 3 is 2.78 bits per heavy atom. The fourth-order valence-electron chi connectivity index (χ4n) is 2.15. The topological polar surface area (TPSA) is 20.3 Å². The summed E-state index contributed by atoms with van der Waals surface area (Å²) in [6, 6.07) is 4.33. The highest BCUT2D eigenvalue weighted by Crippen LogP contribution is 2.37. The molecule has 0 aromatic carbocycles. The Labute approximate surface area is 118 Å². The van der Waals surface area contributed by atoms with Gasteiger partial charge in [-0.05, 0) is 17.9 Å². The number of carbonyl (C=O) groups excluding carboxylic acids is 1. The van der Waals surface area contributed by atoms with Gasteiger partial charge >= 0.3 is 0 Å². The normalized spacial score (nSPS) is 21.7. The maximum atomic E-state index is 12.3. The van der Waals surface area contributed by atoms with Crippen molar-refractivity contribution in [1.82, 2.24) is 4.90 Å². The van der Waals surface area contributed by atoms with Crippen molar-refractivity contribution >= 4 is 29.0 Å². The Kier molecular flexibility index (Phi) is 4.38. The molecule has 0 radical (unpaired) electrons. The van der Waals surface area contributed by atoms with Gasteiger partial charge < -0.3 is 4.90 Å². The molecule has 1 aromatic heterocycles. The quantitative estimate of drug-likeness (QED) is 0.781. The van der Waals surface area contributed by atoms with E-state index in [1.165, 1.54) is 4.88 Å². The van der Waals surface area contributed by atoms with Crippen LogP contribution in [0.15, 0.2) is 17.5 Å². The Morgan fingerprint density at radius 2 is 2.17 bits per heavy atom. The molecule has 1 atom stereocenters. The van der Waals surface area contributed by atoms with Gasteiger partial charge in [-0.2, -0.15) is 11.8 Å². The number of carbonyl (C=O) groups is 1. The molecule has 1 saturated heterocycles. The van der Waals surface area contributed by atoms with Crippen LogP contribution >= 0.6 is 23.1 Å². The number of hydrogen-bond acceptors (Lipinski definition) is 3. The highest BCUT2D eigenvalue weighted by molar-refractivity contribution is 7.99.